The Morgan fingerprint density at radius 2 is 1.74 bits per heavy atom. The lowest BCUT2D eigenvalue weighted by Crippen LogP contribution is -2.39. The van der Waals surface area contributed by atoms with Gasteiger partial charge in [-0.25, -0.2) is 9.78 Å². The Balaban J connectivity index is 1.45. The second-order valence-corrected chi connectivity index (χ2v) is 10.0. The fourth-order valence-corrected chi connectivity index (χ4v) is 5.49. The summed E-state index contributed by atoms with van der Waals surface area (Å²) in [6.45, 7) is 5.40. The number of aromatic carboxylic acids is 1. The number of benzene rings is 1. The molecule has 3 aliphatic rings. The highest BCUT2D eigenvalue weighted by Gasteiger charge is 2.32. The number of piperidine rings is 1. The number of rotatable bonds is 8. The molecule has 7 nitrogen and oxygen atoms in total. The van der Waals surface area contributed by atoms with Crippen molar-refractivity contribution < 1.29 is 9.90 Å². The molecule has 0 bridgehead atoms. The summed E-state index contributed by atoms with van der Waals surface area (Å²) in [4.78, 5) is 21.4. The van der Waals surface area contributed by atoms with E-state index in [4.69, 9.17) is 5.41 Å². The van der Waals surface area contributed by atoms with Crippen LogP contribution in [0.4, 0.5) is 17.2 Å². The van der Waals surface area contributed by atoms with Crippen molar-refractivity contribution in [2.75, 3.05) is 42.9 Å². The molecule has 3 N–H and O–H groups in total. The van der Waals surface area contributed by atoms with Gasteiger partial charge in [0.2, 0.25) is 0 Å². The summed E-state index contributed by atoms with van der Waals surface area (Å²) in [6, 6.07) is 11.4. The Morgan fingerprint density at radius 3 is 2.35 bits per heavy atom. The van der Waals surface area contributed by atoms with E-state index in [0.717, 1.165) is 62.1 Å². The van der Waals surface area contributed by atoms with Gasteiger partial charge in [-0.1, -0.05) is 24.6 Å². The number of carboxylic acid groups (broad SMARTS) is 1. The van der Waals surface area contributed by atoms with E-state index in [1.165, 1.54) is 32.5 Å². The zero-order chi connectivity index (χ0) is 23.5. The van der Waals surface area contributed by atoms with E-state index < -0.39 is 5.97 Å². The van der Waals surface area contributed by atoms with Gasteiger partial charge in [0, 0.05) is 37.0 Å². The molecular formula is C27H35N5O2. The molecule has 2 saturated heterocycles. The average molecular weight is 462 g/mol. The van der Waals surface area contributed by atoms with Crippen molar-refractivity contribution in [2.45, 2.75) is 44.9 Å². The second-order valence-electron chi connectivity index (χ2n) is 10.0. The van der Waals surface area contributed by atoms with Crippen molar-refractivity contribution in [3.63, 3.8) is 0 Å². The maximum Gasteiger partial charge on any atom is 0.354 e. The Kier molecular flexibility index (Phi) is 6.81. The van der Waals surface area contributed by atoms with E-state index in [2.05, 4.69) is 20.1 Å². The van der Waals surface area contributed by atoms with Gasteiger partial charge in [-0.05, 0) is 75.7 Å². The summed E-state index contributed by atoms with van der Waals surface area (Å²) in [5.41, 5.74) is 3.08. The number of anilines is 3. The number of carbonyl (C=O) groups is 1. The van der Waals surface area contributed by atoms with E-state index in [1.807, 2.05) is 30.3 Å². The summed E-state index contributed by atoms with van der Waals surface area (Å²) >= 11 is 0. The number of carboxylic acids is 1. The number of nitrogens with one attached hydrogen (secondary N) is 2. The van der Waals surface area contributed by atoms with Crippen molar-refractivity contribution in [3.05, 3.63) is 47.7 Å². The zero-order valence-corrected chi connectivity index (χ0v) is 19.8. The smallest absolute Gasteiger partial charge is 0.354 e. The van der Waals surface area contributed by atoms with Crippen LogP contribution in [0.15, 0.2) is 36.4 Å². The van der Waals surface area contributed by atoms with E-state index in [1.54, 1.807) is 6.07 Å². The number of likely N-dealkylation sites (tertiary alicyclic amines) is 1. The predicted molar refractivity (Wildman–Crippen MR) is 136 cm³/mol. The monoisotopic (exact) mass is 461 g/mol. The third kappa shape index (κ3) is 4.94. The second kappa shape index (κ2) is 10.1. The minimum absolute atomic E-state index is 0.0257. The van der Waals surface area contributed by atoms with E-state index >= 15 is 0 Å². The fraction of sp³-hybridized carbons (Fsp3) is 0.519. The topological polar surface area (TPSA) is 92.6 Å². The average Bonchev–Trinajstić information content (AvgIpc) is 3.31. The fourth-order valence-electron chi connectivity index (χ4n) is 5.49. The Hall–Kier alpha value is -2.93. The molecule has 0 radical (unpaired) electrons. The van der Waals surface area contributed by atoms with E-state index in [9.17, 15) is 9.90 Å². The molecule has 1 saturated carbocycles. The van der Waals surface area contributed by atoms with Gasteiger partial charge in [0.15, 0.2) is 5.69 Å². The summed E-state index contributed by atoms with van der Waals surface area (Å²) in [5.74, 6) is 0.354. The van der Waals surface area contributed by atoms with Crippen molar-refractivity contribution in [1.82, 2.24) is 9.88 Å². The van der Waals surface area contributed by atoms with Crippen LogP contribution in [0.2, 0.25) is 0 Å². The van der Waals surface area contributed by atoms with Crippen LogP contribution in [0.25, 0.3) is 0 Å². The highest BCUT2D eigenvalue weighted by atomic mass is 16.4. The molecule has 3 heterocycles. The first kappa shape index (κ1) is 22.8. The number of para-hydroxylation sites is 1. The first-order chi connectivity index (χ1) is 16.6. The highest BCUT2D eigenvalue weighted by molar-refractivity contribution is 6.10. The Labute approximate surface area is 201 Å². The van der Waals surface area contributed by atoms with E-state index in [-0.39, 0.29) is 11.6 Å². The van der Waals surface area contributed by atoms with Crippen LogP contribution in [0.3, 0.4) is 0 Å². The van der Waals surface area contributed by atoms with Gasteiger partial charge in [0.1, 0.15) is 5.82 Å². The van der Waals surface area contributed by atoms with Gasteiger partial charge >= 0.3 is 5.97 Å². The first-order valence-electron chi connectivity index (χ1n) is 12.7. The third-order valence-electron chi connectivity index (χ3n) is 7.71. The molecular weight excluding hydrogens is 426 g/mol. The molecule has 0 spiro atoms. The van der Waals surface area contributed by atoms with Gasteiger partial charge in [-0.3, -0.25) is 0 Å². The number of hydrogen-bond acceptors (Lipinski definition) is 6. The molecule has 0 atom stereocenters. The van der Waals surface area contributed by atoms with Crippen LogP contribution in [-0.2, 0) is 0 Å². The van der Waals surface area contributed by atoms with Crippen molar-refractivity contribution >= 4 is 28.9 Å². The normalized spacial score (nSPS) is 19.7. The Bertz CT molecular complexity index is 1020. The number of hydrogen-bond donors (Lipinski definition) is 3. The van der Waals surface area contributed by atoms with Gasteiger partial charge < -0.3 is 25.6 Å². The summed E-state index contributed by atoms with van der Waals surface area (Å²) in [7, 11) is 0. The molecule has 2 aromatic rings. The van der Waals surface area contributed by atoms with Crippen LogP contribution in [0.1, 0.15) is 61.0 Å². The largest absolute Gasteiger partial charge is 0.477 e. The van der Waals surface area contributed by atoms with Crippen LogP contribution in [0.5, 0.6) is 0 Å². The minimum Gasteiger partial charge on any atom is -0.477 e. The van der Waals surface area contributed by atoms with Crippen molar-refractivity contribution in [2.24, 2.45) is 11.8 Å². The quantitative estimate of drug-likeness (QED) is 0.479. The molecule has 7 heteroatoms. The van der Waals surface area contributed by atoms with Crippen molar-refractivity contribution in [3.8, 4) is 0 Å². The number of nitrogens with zero attached hydrogens (tertiary/aromatic N) is 3. The lowest BCUT2D eigenvalue weighted by Gasteiger charge is -2.37. The van der Waals surface area contributed by atoms with Gasteiger partial charge in [-0.15, -0.1) is 0 Å². The first-order valence-corrected chi connectivity index (χ1v) is 12.7. The Morgan fingerprint density at radius 1 is 1.03 bits per heavy atom. The van der Waals surface area contributed by atoms with Crippen LogP contribution < -0.4 is 10.2 Å². The summed E-state index contributed by atoms with van der Waals surface area (Å²) in [6.07, 6.45) is 8.00. The summed E-state index contributed by atoms with van der Waals surface area (Å²) in [5, 5.41) is 22.2. The molecule has 34 heavy (non-hydrogen) atoms. The SMILES string of the molecule is N=C(c1c(N2CCC(CN3CCCC3)CC2)cc(C(=O)O)nc1Nc1ccccc1)C1CCC1. The lowest BCUT2D eigenvalue weighted by atomic mass is 9.79. The standard InChI is InChI=1S/C27H35N5O2/c28-25(20-7-6-8-20)24-23(32-15-11-19(12-16-32)18-31-13-4-5-14-31)17-22(27(33)34)30-26(24)29-21-9-2-1-3-10-21/h1-3,9-10,17,19-20,28H,4-8,11-16,18H2,(H,29,30)(H,33,34). The lowest BCUT2D eigenvalue weighted by molar-refractivity contribution is 0.0690. The molecule has 0 amide bonds. The van der Waals surface area contributed by atoms with Crippen LogP contribution in [0, 0.1) is 17.2 Å². The van der Waals surface area contributed by atoms with Gasteiger partial charge in [-0.2, -0.15) is 0 Å². The maximum absolute atomic E-state index is 12.0. The molecule has 5 rings (SSSR count). The maximum atomic E-state index is 12.0. The number of aromatic nitrogens is 1. The van der Waals surface area contributed by atoms with Crippen molar-refractivity contribution in [1.29, 1.82) is 5.41 Å². The third-order valence-corrected chi connectivity index (χ3v) is 7.71. The summed E-state index contributed by atoms with van der Waals surface area (Å²) < 4.78 is 0. The van der Waals surface area contributed by atoms with Gasteiger partial charge in [0.05, 0.1) is 11.3 Å². The number of pyridine rings is 1. The molecule has 2 aliphatic heterocycles. The van der Waals surface area contributed by atoms with E-state index in [0.29, 0.717) is 17.4 Å². The minimum atomic E-state index is -1.04. The highest BCUT2D eigenvalue weighted by Crippen LogP contribution is 2.38. The predicted octanol–water partition coefficient (Wildman–Crippen LogP) is 5.00. The molecule has 0 unspecified atom stereocenters. The van der Waals surface area contributed by atoms with Crippen LogP contribution >= 0.6 is 0 Å². The van der Waals surface area contributed by atoms with Crippen LogP contribution in [-0.4, -0.2) is 59.4 Å². The molecule has 3 fully saturated rings. The molecule has 1 aromatic carbocycles. The molecule has 1 aliphatic carbocycles. The molecule has 180 valence electrons. The zero-order valence-electron chi connectivity index (χ0n) is 19.8. The van der Waals surface area contributed by atoms with Gasteiger partial charge in [0.25, 0.3) is 0 Å². The molecule has 1 aromatic heterocycles.